The van der Waals surface area contributed by atoms with Crippen molar-refractivity contribution < 1.29 is 4.74 Å². The molecule has 0 saturated heterocycles. The Morgan fingerprint density at radius 2 is 2.10 bits per heavy atom. The van der Waals surface area contributed by atoms with Crippen molar-refractivity contribution in [1.29, 1.82) is 5.26 Å². The largest absolute Gasteiger partial charge is 0.479 e. The molecule has 0 aromatic heterocycles. The number of nitrogens with zero attached hydrogens (tertiary/aromatic N) is 2. The zero-order chi connectivity index (χ0) is 15.0. The fourth-order valence-corrected chi connectivity index (χ4v) is 2.32. The first-order chi connectivity index (χ1) is 9.43. The zero-order valence-corrected chi connectivity index (χ0v) is 12.9. The highest BCUT2D eigenvalue weighted by Crippen LogP contribution is 2.16. The summed E-state index contributed by atoms with van der Waals surface area (Å²) in [6.07, 6.45) is 0. The molecule has 110 valence electrons. The predicted octanol–water partition coefficient (Wildman–Crippen LogP) is 2.27. The van der Waals surface area contributed by atoms with E-state index in [9.17, 15) is 0 Å². The number of hydrogen-bond donors (Lipinski definition) is 1. The molecule has 20 heavy (non-hydrogen) atoms. The van der Waals surface area contributed by atoms with Crippen LogP contribution < -0.4 is 10.1 Å². The van der Waals surface area contributed by atoms with Crippen molar-refractivity contribution >= 4 is 0 Å². The highest BCUT2D eigenvalue weighted by Gasteiger charge is 2.18. The van der Waals surface area contributed by atoms with Crippen LogP contribution in [-0.2, 0) is 6.54 Å². The van der Waals surface area contributed by atoms with Crippen molar-refractivity contribution in [2.24, 2.45) is 5.41 Å². The van der Waals surface area contributed by atoms with Gasteiger partial charge in [0.25, 0.3) is 0 Å². The van der Waals surface area contributed by atoms with E-state index in [2.05, 4.69) is 44.2 Å². The lowest BCUT2D eigenvalue weighted by Crippen LogP contribution is -2.37. The van der Waals surface area contributed by atoms with Crippen LogP contribution in [0.4, 0.5) is 0 Å². The minimum absolute atomic E-state index is 0.0900. The van der Waals surface area contributed by atoms with E-state index in [1.54, 1.807) is 0 Å². The Kier molecular flexibility index (Phi) is 6.50. The van der Waals surface area contributed by atoms with Crippen molar-refractivity contribution in [2.45, 2.75) is 20.4 Å². The molecular weight excluding hydrogens is 250 g/mol. The molecular formula is C16H25N3O. The SMILES string of the molecule is CN(C)CC(C)(C)CNCc1cccc(OCC#N)c1. The van der Waals surface area contributed by atoms with Gasteiger partial charge < -0.3 is 15.0 Å². The van der Waals surface area contributed by atoms with Crippen LogP contribution in [0.1, 0.15) is 19.4 Å². The smallest absolute Gasteiger partial charge is 0.174 e. The van der Waals surface area contributed by atoms with Crippen LogP contribution in [-0.4, -0.2) is 38.7 Å². The average Bonchev–Trinajstić information content (AvgIpc) is 2.35. The van der Waals surface area contributed by atoms with E-state index in [4.69, 9.17) is 10.00 Å². The fraction of sp³-hybridized carbons (Fsp3) is 0.562. The minimum atomic E-state index is 0.0900. The van der Waals surface area contributed by atoms with Gasteiger partial charge in [0.2, 0.25) is 0 Å². The van der Waals surface area contributed by atoms with Gasteiger partial charge >= 0.3 is 0 Å². The number of rotatable bonds is 8. The fourth-order valence-electron chi connectivity index (χ4n) is 2.32. The Balaban J connectivity index is 2.44. The second kappa shape index (κ2) is 7.88. The summed E-state index contributed by atoms with van der Waals surface area (Å²) < 4.78 is 5.30. The molecule has 1 N–H and O–H groups in total. The number of ether oxygens (including phenoxy) is 1. The van der Waals surface area contributed by atoms with Crippen LogP contribution in [0.25, 0.3) is 0 Å². The minimum Gasteiger partial charge on any atom is -0.479 e. The first kappa shape index (κ1) is 16.5. The highest BCUT2D eigenvalue weighted by molar-refractivity contribution is 5.28. The van der Waals surface area contributed by atoms with Crippen LogP contribution >= 0.6 is 0 Å². The van der Waals surface area contributed by atoms with Gasteiger partial charge in [-0.1, -0.05) is 26.0 Å². The van der Waals surface area contributed by atoms with Crippen molar-refractivity contribution in [3.63, 3.8) is 0 Å². The summed E-state index contributed by atoms with van der Waals surface area (Å²) in [7, 11) is 4.19. The molecule has 1 aromatic rings. The van der Waals surface area contributed by atoms with Crippen molar-refractivity contribution in [2.75, 3.05) is 33.8 Å². The molecule has 0 atom stereocenters. The van der Waals surface area contributed by atoms with Gasteiger partial charge in [-0.2, -0.15) is 5.26 Å². The average molecular weight is 275 g/mol. The standard InChI is InChI=1S/C16H25N3O/c1-16(2,13-19(3)4)12-18-11-14-6-5-7-15(10-14)20-9-8-17/h5-7,10,18H,9,11-13H2,1-4H3. The van der Waals surface area contributed by atoms with Crippen LogP contribution in [0.3, 0.4) is 0 Å². The predicted molar refractivity (Wildman–Crippen MR) is 81.6 cm³/mol. The quantitative estimate of drug-likeness (QED) is 0.790. The van der Waals surface area contributed by atoms with Gasteiger partial charge in [-0.25, -0.2) is 0 Å². The van der Waals surface area contributed by atoms with Gasteiger partial charge in [0.05, 0.1) is 0 Å². The molecule has 0 heterocycles. The number of nitrogens with one attached hydrogen (secondary N) is 1. The van der Waals surface area contributed by atoms with Crippen LogP contribution in [0.2, 0.25) is 0 Å². The van der Waals surface area contributed by atoms with Gasteiger partial charge in [0, 0.05) is 19.6 Å². The summed E-state index contributed by atoms with van der Waals surface area (Å²) in [5.74, 6) is 0.749. The molecule has 0 fully saturated rings. The van der Waals surface area contributed by atoms with Crippen molar-refractivity contribution in [1.82, 2.24) is 10.2 Å². The van der Waals surface area contributed by atoms with Crippen LogP contribution in [0.15, 0.2) is 24.3 Å². The summed E-state index contributed by atoms with van der Waals surface area (Å²) >= 11 is 0. The second-order valence-electron chi connectivity index (χ2n) is 6.10. The number of hydrogen-bond acceptors (Lipinski definition) is 4. The van der Waals surface area contributed by atoms with E-state index in [0.717, 1.165) is 25.4 Å². The molecule has 4 nitrogen and oxygen atoms in total. The normalized spacial score (nSPS) is 11.4. The Morgan fingerprint density at radius 3 is 2.75 bits per heavy atom. The molecule has 1 rings (SSSR count). The summed E-state index contributed by atoms with van der Waals surface area (Å²) in [5.41, 5.74) is 1.40. The third kappa shape index (κ3) is 6.55. The molecule has 0 saturated carbocycles. The molecule has 0 spiro atoms. The maximum atomic E-state index is 8.51. The third-order valence-electron chi connectivity index (χ3n) is 2.88. The van der Waals surface area contributed by atoms with E-state index in [0.29, 0.717) is 0 Å². The first-order valence-electron chi connectivity index (χ1n) is 6.87. The Hall–Kier alpha value is -1.57. The van der Waals surface area contributed by atoms with Crippen molar-refractivity contribution in [3.8, 4) is 11.8 Å². The van der Waals surface area contributed by atoms with E-state index in [1.165, 1.54) is 5.56 Å². The number of nitriles is 1. The lowest BCUT2D eigenvalue weighted by atomic mass is 9.93. The molecule has 1 aromatic carbocycles. The second-order valence-corrected chi connectivity index (χ2v) is 6.10. The van der Waals surface area contributed by atoms with E-state index >= 15 is 0 Å². The molecule has 0 aliphatic heterocycles. The summed E-state index contributed by atoms with van der Waals surface area (Å²) in [5, 5.41) is 12.0. The lowest BCUT2D eigenvalue weighted by molar-refractivity contribution is 0.232. The molecule has 0 amide bonds. The lowest BCUT2D eigenvalue weighted by Gasteiger charge is -2.28. The Bertz CT molecular complexity index is 449. The third-order valence-corrected chi connectivity index (χ3v) is 2.88. The molecule has 0 unspecified atom stereocenters. The number of benzene rings is 1. The maximum Gasteiger partial charge on any atom is 0.174 e. The molecule has 0 radical (unpaired) electrons. The Morgan fingerprint density at radius 1 is 1.35 bits per heavy atom. The van der Waals surface area contributed by atoms with Crippen molar-refractivity contribution in [3.05, 3.63) is 29.8 Å². The van der Waals surface area contributed by atoms with E-state index in [-0.39, 0.29) is 12.0 Å². The summed E-state index contributed by atoms with van der Waals surface area (Å²) in [4.78, 5) is 2.21. The van der Waals surface area contributed by atoms with Crippen LogP contribution in [0.5, 0.6) is 5.75 Å². The molecule has 4 heteroatoms. The van der Waals surface area contributed by atoms with E-state index < -0.39 is 0 Å². The highest BCUT2D eigenvalue weighted by atomic mass is 16.5. The van der Waals surface area contributed by atoms with E-state index in [1.807, 2.05) is 24.3 Å². The van der Waals surface area contributed by atoms with Crippen LogP contribution in [0, 0.1) is 16.7 Å². The monoisotopic (exact) mass is 275 g/mol. The zero-order valence-electron chi connectivity index (χ0n) is 12.9. The molecule has 0 aliphatic rings. The molecule has 0 aliphatic carbocycles. The van der Waals surface area contributed by atoms with Gasteiger partial charge in [-0.15, -0.1) is 0 Å². The summed E-state index contributed by atoms with van der Waals surface area (Å²) in [6, 6.07) is 9.84. The first-order valence-corrected chi connectivity index (χ1v) is 6.87. The van der Waals surface area contributed by atoms with Gasteiger partial charge in [0.15, 0.2) is 6.61 Å². The molecule has 0 bridgehead atoms. The van der Waals surface area contributed by atoms with Gasteiger partial charge in [-0.05, 0) is 37.2 Å². The van der Waals surface area contributed by atoms with Gasteiger partial charge in [0.1, 0.15) is 11.8 Å². The summed E-state index contributed by atoms with van der Waals surface area (Å²) in [6.45, 7) is 7.41. The van der Waals surface area contributed by atoms with Gasteiger partial charge in [-0.3, -0.25) is 0 Å². The Labute approximate surface area is 122 Å². The topological polar surface area (TPSA) is 48.3 Å². The maximum absolute atomic E-state index is 8.51.